The summed E-state index contributed by atoms with van der Waals surface area (Å²) in [5, 5.41) is 16.9. The van der Waals surface area contributed by atoms with Crippen LogP contribution in [0.4, 0.5) is 0 Å². The van der Waals surface area contributed by atoms with E-state index in [-0.39, 0.29) is 31.2 Å². The number of carboxylic acid groups (broad SMARTS) is 1. The Morgan fingerprint density at radius 1 is 1.56 bits per heavy atom. The molecule has 6 heteroatoms. The van der Waals surface area contributed by atoms with Crippen molar-refractivity contribution in [3.8, 4) is 6.07 Å². The molecule has 0 aliphatic carbocycles. The molecule has 0 fully saturated rings. The second-order valence-corrected chi connectivity index (χ2v) is 3.70. The number of amides is 1. The fraction of sp³-hybridized carbons (Fsp3) is 0.700. The minimum atomic E-state index is -0.976. The first kappa shape index (κ1) is 14.4. The van der Waals surface area contributed by atoms with E-state index in [0.717, 1.165) is 0 Å². The molecule has 0 radical (unpaired) electrons. The van der Waals surface area contributed by atoms with E-state index in [9.17, 15) is 9.59 Å². The van der Waals surface area contributed by atoms with Crippen molar-refractivity contribution < 1.29 is 14.7 Å². The Labute approximate surface area is 94.6 Å². The largest absolute Gasteiger partial charge is 0.481 e. The molecule has 0 rings (SSSR count). The van der Waals surface area contributed by atoms with Gasteiger partial charge >= 0.3 is 5.97 Å². The zero-order valence-corrected chi connectivity index (χ0v) is 9.51. The summed E-state index contributed by atoms with van der Waals surface area (Å²) >= 11 is 0. The van der Waals surface area contributed by atoms with Gasteiger partial charge in [0, 0.05) is 19.5 Å². The molecule has 0 saturated heterocycles. The Bertz CT molecular complexity index is 298. The summed E-state index contributed by atoms with van der Waals surface area (Å²) in [4.78, 5) is 23.4. The average molecular weight is 227 g/mol. The smallest absolute Gasteiger partial charge is 0.303 e. The van der Waals surface area contributed by atoms with Crippen LogP contribution in [-0.2, 0) is 9.59 Å². The maximum absolute atomic E-state index is 11.7. The van der Waals surface area contributed by atoms with E-state index >= 15 is 0 Å². The standard InChI is InChI=1S/C10H17N3O3/c1-7(5-6-11)13(2)10(16)8(12)3-4-9(14)15/h7-8H,3-5,12H2,1-2H3,(H,14,15). The molecule has 0 aliphatic heterocycles. The normalized spacial score (nSPS) is 13.6. The molecule has 0 saturated carbocycles. The van der Waals surface area contributed by atoms with Crippen molar-refractivity contribution in [2.24, 2.45) is 5.73 Å². The lowest BCUT2D eigenvalue weighted by Crippen LogP contribution is -2.45. The molecule has 0 aromatic rings. The van der Waals surface area contributed by atoms with Gasteiger partial charge < -0.3 is 15.7 Å². The molecule has 2 atom stereocenters. The molecule has 0 spiro atoms. The molecule has 0 aliphatic rings. The quantitative estimate of drug-likeness (QED) is 0.660. The minimum Gasteiger partial charge on any atom is -0.481 e. The van der Waals surface area contributed by atoms with Gasteiger partial charge in [-0.05, 0) is 13.3 Å². The zero-order chi connectivity index (χ0) is 12.7. The molecule has 3 N–H and O–H groups in total. The first-order valence-electron chi connectivity index (χ1n) is 5.01. The summed E-state index contributed by atoms with van der Waals surface area (Å²) in [6, 6.07) is 0.932. The topological polar surface area (TPSA) is 107 Å². The number of nitrogens with zero attached hydrogens (tertiary/aromatic N) is 2. The van der Waals surface area contributed by atoms with Crippen LogP contribution < -0.4 is 5.73 Å². The average Bonchev–Trinajstić information content (AvgIpc) is 2.23. The fourth-order valence-electron chi connectivity index (χ4n) is 1.15. The number of hydrogen-bond acceptors (Lipinski definition) is 4. The van der Waals surface area contributed by atoms with Crippen LogP contribution >= 0.6 is 0 Å². The summed E-state index contributed by atoms with van der Waals surface area (Å²) in [5.41, 5.74) is 5.56. The molecular weight excluding hydrogens is 210 g/mol. The Morgan fingerprint density at radius 3 is 2.56 bits per heavy atom. The van der Waals surface area contributed by atoms with E-state index in [1.54, 1.807) is 14.0 Å². The lowest BCUT2D eigenvalue weighted by molar-refractivity contribution is -0.137. The van der Waals surface area contributed by atoms with Gasteiger partial charge in [0.05, 0.1) is 18.5 Å². The molecule has 90 valence electrons. The van der Waals surface area contributed by atoms with Crippen molar-refractivity contribution in [3.63, 3.8) is 0 Å². The van der Waals surface area contributed by atoms with Crippen LogP contribution in [-0.4, -0.2) is 41.0 Å². The summed E-state index contributed by atoms with van der Waals surface area (Å²) in [6.07, 6.45) is 0.207. The molecular formula is C10H17N3O3. The number of carbonyl (C=O) groups excluding carboxylic acids is 1. The summed E-state index contributed by atoms with van der Waals surface area (Å²) in [5.74, 6) is -1.31. The van der Waals surface area contributed by atoms with Gasteiger partial charge in [0.1, 0.15) is 0 Å². The number of aliphatic carboxylic acids is 1. The first-order chi connectivity index (χ1) is 7.40. The van der Waals surface area contributed by atoms with Gasteiger partial charge in [-0.1, -0.05) is 0 Å². The molecule has 16 heavy (non-hydrogen) atoms. The number of carboxylic acids is 1. The number of rotatable bonds is 6. The van der Waals surface area contributed by atoms with Crippen LogP contribution in [0.2, 0.25) is 0 Å². The van der Waals surface area contributed by atoms with E-state index in [4.69, 9.17) is 16.1 Å². The maximum atomic E-state index is 11.7. The van der Waals surface area contributed by atoms with Gasteiger partial charge in [-0.2, -0.15) is 5.26 Å². The van der Waals surface area contributed by atoms with E-state index in [1.165, 1.54) is 4.90 Å². The third kappa shape index (κ3) is 4.75. The van der Waals surface area contributed by atoms with Gasteiger partial charge in [0.25, 0.3) is 0 Å². The van der Waals surface area contributed by atoms with Crippen molar-refractivity contribution in [2.45, 2.75) is 38.3 Å². The Morgan fingerprint density at radius 2 is 2.12 bits per heavy atom. The SMILES string of the molecule is CC(CC#N)N(C)C(=O)C(N)CCC(=O)O. The molecule has 1 amide bonds. The highest BCUT2D eigenvalue weighted by molar-refractivity contribution is 5.82. The maximum Gasteiger partial charge on any atom is 0.303 e. The van der Waals surface area contributed by atoms with Crippen molar-refractivity contribution in [1.29, 1.82) is 5.26 Å². The van der Waals surface area contributed by atoms with Crippen LogP contribution in [0, 0.1) is 11.3 Å². The zero-order valence-electron chi connectivity index (χ0n) is 9.51. The first-order valence-corrected chi connectivity index (χ1v) is 5.01. The predicted molar refractivity (Wildman–Crippen MR) is 57.3 cm³/mol. The molecule has 6 nitrogen and oxygen atoms in total. The molecule has 0 aromatic carbocycles. The van der Waals surface area contributed by atoms with Gasteiger partial charge in [-0.25, -0.2) is 0 Å². The third-order valence-electron chi connectivity index (χ3n) is 2.38. The number of nitrogens with two attached hydrogens (primary N) is 1. The van der Waals surface area contributed by atoms with Crippen molar-refractivity contribution >= 4 is 11.9 Å². The molecule has 0 heterocycles. The van der Waals surface area contributed by atoms with Crippen LogP contribution in [0.15, 0.2) is 0 Å². The van der Waals surface area contributed by atoms with Crippen molar-refractivity contribution in [2.75, 3.05) is 7.05 Å². The molecule has 2 unspecified atom stereocenters. The highest BCUT2D eigenvalue weighted by Crippen LogP contribution is 2.05. The van der Waals surface area contributed by atoms with Crippen LogP contribution in [0.1, 0.15) is 26.2 Å². The van der Waals surface area contributed by atoms with E-state index in [0.29, 0.717) is 0 Å². The summed E-state index contributed by atoms with van der Waals surface area (Å²) in [7, 11) is 1.56. The van der Waals surface area contributed by atoms with Gasteiger partial charge in [0.2, 0.25) is 5.91 Å². The van der Waals surface area contributed by atoms with Crippen molar-refractivity contribution in [1.82, 2.24) is 4.90 Å². The highest BCUT2D eigenvalue weighted by atomic mass is 16.4. The highest BCUT2D eigenvalue weighted by Gasteiger charge is 2.22. The third-order valence-corrected chi connectivity index (χ3v) is 2.38. The predicted octanol–water partition coefficient (Wildman–Crippen LogP) is -0.0609. The number of nitriles is 1. The number of carbonyl (C=O) groups is 2. The second kappa shape index (κ2) is 6.80. The Hall–Kier alpha value is -1.61. The number of hydrogen-bond donors (Lipinski definition) is 2. The Balaban J connectivity index is 4.21. The minimum absolute atomic E-state index is 0.109. The summed E-state index contributed by atoms with van der Waals surface area (Å²) < 4.78 is 0. The Kier molecular flexibility index (Phi) is 6.11. The van der Waals surface area contributed by atoms with E-state index in [2.05, 4.69) is 0 Å². The van der Waals surface area contributed by atoms with E-state index in [1.807, 2.05) is 6.07 Å². The monoisotopic (exact) mass is 227 g/mol. The van der Waals surface area contributed by atoms with Crippen LogP contribution in [0.3, 0.4) is 0 Å². The van der Waals surface area contributed by atoms with E-state index < -0.39 is 12.0 Å². The fourth-order valence-corrected chi connectivity index (χ4v) is 1.15. The summed E-state index contributed by atoms with van der Waals surface area (Å²) in [6.45, 7) is 1.74. The molecule has 0 bridgehead atoms. The van der Waals surface area contributed by atoms with Gasteiger partial charge in [0.15, 0.2) is 0 Å². The number of likely N-dealkylation sites (N-methyl/N-ethyl adjacent to an activating group) is 1. The van der Waals surface area contributed by atoms with Gasteiger partial charge in [-0.3, -0.25) is 9.59 Å². The lowest BCUT2D eigenvalue weighted by Gasteiger charge is -2.25. The van der Waals surface area contributed by atoms with Crippen molar-refractivity contribution in [3.05, 3.63) is 0 Å². The van der Waals surface area contributed by atoms with Crippen LogP contribution in [0.25, 0.3) is 0 Å². The van der Waals surface area contributed by atoms with Crippen LogP contribution in [0.5, 0.6) is 0 Å². The second-order valence-electron chi connectivity index (χ2n) is 3.70. The lowest BCUT2D eigenvalue weighted by atomic mass is 10.1. The van der Waals surface area contributed by atoms with Gasteiger partial charge in [-0.15, -0.1) is 0 Å². The molecule has 0 aromatic heterocycles.